The highest BCUT2D eigenvalue weighted by Gasteiger charge is 2.29. The summed E-state index contributed by atoms with van der Waals surface area (Å²) in [5, 5.41) is 0.397. The van der Waals surface area contributed by atoms with Crippen LogP contribution >= 0.6 is 23.2 Å². The summed E-state index contributed by atoms with van der Waals surface area (Å²) in [6, 6.07) is 12.9. The Morgan fingerprint density at radius 1 is 1.12 bits per heavy atom. The highest BCUT2D eigenvalue weighted by molar-refractivity contribution is 7.89. The van der Waals surface area contributed by atoms with Crippen molar-refractivity contribution in [1.82, 2.24) is 9.62 Å². The minimum atomic E-state index is -3.83. The van der Waals surface area contributed by atoms with Gasteiger partial charge in [0.15, 0.2) is 0 Å². The number of hydrogen-bond acceptors (Lipinski definition) is 3. The average molecular weight is 413 g/mol. The Morgan fingerprint density at radius 2 is 1.85 bits per heavy atom. The van der Waals surface area contributed by atoms with Gasteiger partial charge in [0.05, 0.1) is 5.02 Å². The molecule has 1 aliphatic rings. The Balaban J connectivity index is 1.74. The van der Waals surface area contributed by atoms with Gasteiger partial charge in [0, 0.05) is 29.7 Å². The largest absolute Gasteiger partial charge is 0.337 e. The highest BCUT2D eigenvalue weighted by Crippen LogP contribution is 2.26. The van der Waals surface area contributed by atoms with Crippen molar-refractivity contribution in [1.29, 1.82) is 0 Å². The van der Waals surface area contributed by atoms with Gasteiger partial charge in [-0.25, -0.2) is 13.1 Å². The number of halogens is 2. The Labute approximate surface area is 163 Å². The number of rotatable bonds is 4. The molecule has 0 aromatic heterocycles. The smallest absolute Gasteiger partial charge is 0.253 e. The summed E-state index contributed by atoms with van der Waals surface area (Å²) in [6.45, 7) is 0.912. The zero-order valence-electron chi connectivity index (χ0n) is 13.9. The first kappa shape index (κ1) is 19.2. The van der Waals surface area contributed by atoms with Gasteiger partial charge >= 0.3 is 0 Å². The number of hydrogen-bond donors (Lipinski definition) is 1. The number of carbonyl (C=O) groups excluding carboxylic acids is 1. The number of benzene rings is 2. The van der Waals surface area contributed by atoms with E-state index >= 15 is 0 Å². The van der Waals surface area contributed by atoms with Gasteiger partial charge in [-0.05, 0) is 43.2 Å². The summed E-state index contributed by atoms with van der Waals surface area (Å²) in [7, 11) is -3.83. The lowest BCUT2D eigenvalue weighted by Crippen LogP contribution is -2.49. The maximum absolute atomic E-state index is 12.7. The van der Waals surface area contributed by atoms with Gasteiger partial charge in [0.2, 0.25) is 10.0 Å². The van der Waals surface area contributed by atoms with Gasteiger partial charge in [-0.2, -0.15) is 0 Å². The maximum Gasteiger partial charge on any atom is 0.253 e. The van der Waals surface area contributed by atoms with Crippen LogP contribution in [0.15, 0.2) is 53.4 Å². The third kappa shape index (κ3) is 4.38. The molecule has 1 atom stereocenters. The average Bonchev–Trinajstić information content (AvgIpc) is 2.63. The summed E-state index contributed by atoms with van der Waals surface area (Å²) < 4.78 is 28.0. The zero-order chi connectivity index (χ0) is 18.7. The van der Waals surface area contributed by atoms with E-state index in [1.165, 1.54) is 18.2 Å². The molecule has 8 heteroatoms. The first-order valence-corrected chi connectivity index (χ1v) is 10.4. The molecule has 2 aromatic rings. The van der Waals surface area contributed by atoms with Gasteiger partial charge in [-0.1, -0.05) is 41.4 Å². The van der Waals surface area contributed by atoms with Crippen LogP contribution in [0, 0.1) is 0 Å². The van der Waals surface area contributed by atoms with Crippen LogP contribution < -0.4 is 4.72 Å². The van der Waals surface area contributed by atoms with Crippen molar-refractivity contribution in [2.24, 2.45) is 0 Å². The van der Waals surface area contributed by atoms with E-state index in [0.717, 1.165) is 6.42 Å². The molecule has 26 heavy (non-hydrogen) atoms. The lowest BCUT2D eigenvalue weighted by atomic mass is 10.1. The number of likely N-dealkylation sites (tertiary alicyclic amines) is 1. The molecule has 0 saturated carbocycles. The molecule has 2 aromatic carbocycles. The monoisotopic (exact) mass is 412 g/mol. The van der Waals surface area contributed by atoms with Crippen molar-refractivity contribution in [3.63, 3.8) is 0 Å². The van der Waals surface area contributed by atoms with Crippen molar-refractivity contribution < 1.29 is 13.2 Å². The molecule has 0 radical (unpaired) electrons. The van der Waals surface area contributed by atoms with E-state index in [2.05, 4.69) is 4.72 Å². The van der Waals surface area contributed by atoms with Crippen molar-refractivity contribution in [3.8, 4) is 0 Å². The number of carbonyl (C=O) groups is 1. The molecule has 1 unspecified atom stereocenters. The van der Waals surface area contributed by atoms with Crippen LogP contribution in [0.4, 0.5) is 0 Å². The van der Waals surface area contributed by atoms with Gasteiger partial charge < -0.3 is 4.90 Å². The van der Waals surface area contributed by atoms with E-state index in [1.807, 2.05) is 6.07 Å². The molecule has 1 N–H and O–H groups in total. The summed E-state index contributed by atoms with van der Waals surface area (Å²) in [4.78, 5) is 14.2. The van der Waals surface area contributed by atoms with Crippen molar-refractivity contribution in [2.45, 2.75) is 23.8 Å². The lowest BCUT2D eigenvalue weighted by molar-refractivity contribution is 0.0703. The Hall–Kier alpha value is -1.60. The molecule has 3 rings (SSSR count). The number of nitrogens with one attached hydrogen (secondary N) is 1. The quantitative estimate of drug-likeness (QED) is 0.834. The highest BCUT2D eigenvalue weighted by atomic mass is 35.5. The first-order chi connectivity index (χ1) is 12.4. The zero-order valence-corrected chi connectivity index (χ0v) is 16.2. The van der Waals surface area contributed by atoms with Crippen molar-refractivity contribution >= 4 is 39.1 Å². The van der Waals surface area contributed by atoms with Crippen LogP contribution in [0.25, 0.3) is 0 Å². The third-order valence-corrected chi connectivity index (χ3v) is 6.47. The molecule has 1 saturated heterocycles. The Kier molecular flexibility index (Phi) is 5.87. The third-order valence-electron chi connectivity index (χ3n) is 4.23. The van der Waals surface area contributed by atoms with Gasteiger partial charge in [0.25, 0.3) is 5.91 Å². The van der Waals surface area contributed by atoms with Crippen molar-refractivity contribution in [3.05, 3.63) is 64.1 Å². The van der Waals surface area contributed by atoms with Gasteiger partial charge in [-0.15, -0.1) is 0 Å². The van der Waals surface area contributed by atoms with E-state index in [1.54, 1.807) is 29.2 Å². The fourth-order valence-corrected chi connectivity index (χ4v) is 5.01. The SMILES string of the molecule is O=C(c1ccccc1)N1CCCC(NS(=O)(=O)c2cc(Cl)ccc2Cl)C1. The van der Waals surface area contributed by atoms with Crippen LogP contribution in [-0.4, -0.2) is 38.4 Å². The van der Waals surface area contributed by atoms with E-state index in [-0.39, 0.29) is 21.9 Å². The predicted octanol–water partition coefficient (Wildman–Crippen LogP) is 3.58. The predicted molar refractivity (Wildman–Crippen MR) is 102 cm³/mol. The molecular weight excluding hydrogens is 395 g/mol. The number of sulfonamides is 1. The topological polar surface area (TPSA) is 66.5 Å². The lowest BCUT2D eigenvalue weighted by Gasteiger charge is -2.33. The van der Waals surface area contributed by atoms with Crippen LogP contribution in [0.3, 0.4) is 0 Å². The van der Waals surface area contributed by atoms with Crippen LogP contribution in [-0.2, 0) is 10.0 Å². The van der Waals surface area contributed by atoms with E-state index < -0.39 is 10.0 Å². The van der Waals surface area contributed by atoms with Crippen LogP contribution in [0.1, 0.15) is 23.2 Å². The van der Waals surface area contributed by atoms with Gasteiger partial charge in [-0.3, -0.25) is 4.79 Å². The molecular formula is C18H18Cl2N2O3S. The summed E-state index contributed by atoms with van der Waals surface area (Å²) in [6.07, 6.45) is 1.37. The molecule has 138 valence electrons. The van der Waals surface area contributed by atoms with E-state index in [9.17, 15) is 13.2 Å². The molecule has 1 heterocycles. The molecule has 0 bridgehead atoms. The second-order valence-corrected chi connectivity index (χ2v) is 8.68. The Morgan fingerprint density at radius 3 is 2.58 bits per heavy atom. The second kappa shape index (κ2) is 7.96. The van der Waals surface area contributed by atoms with Gasteiger partial charge in [0.1, 0.15) is 4.90 Å². The number of piperidine rings is 1. The standard InChI is InChI=1S/C18H18Cl2N2O3S/c19-14-8-9-16(20)17(11-14)26(24,25)21-15-7-4-10-22(12-15)18(23)13-5-2-1-3-6-13/h1-3,5-6,8-9,11,15,21H,4,7,10,12H2. The fraction of sp³-hybridized carbons (Fsp3) is 0.278. The van der Waals surface area contributed by atoms with Crippen LogP contribution in [0.5, 0.6) is 0 Å². The Bertz CT molecular complexity index is 904. The minimum absolute atomic E-state index is 0.0572. The fourth-order valence-electron chi connectivity index (χ4n) is 2.99. The van der Waals surface area contributed by atoms with E-state index in [4.69, 9.17) is 23.2 Å². The molecule has 1 amide bonds. The number of amides is 1. The first-order valence-electron chi connectivity index (χ1n) is 8.18. The second-order valence-electron chi connectivity index (χ2n) is 6.15. The van der Waals surface area contributed by atoms with E-state index in [0.29, 0.717) is 30.1 Å². The molecule has 0 aliphatic carbocycles. The summed E-state index contributed by atoms with van der Waals surface area (Å²) in [5.74, 6) is -0.102. The van der Waals surface area contributed by atoms with Crippen LogP contribution in [0.2, 0.25) is 10.0 Å². The maximum atomic E-state index is 12.7. The summed E-state index contributed by atoms with van der Waals surface area (Å²) >= 11 is 11.9. The molecule has 1 aliphatic heterocycles. The molecule has 5 nitrogen and oxygen atoms in total. The normalized spacial score (nSPS) is 17.9. The minimum Gasteiger partial charge on any atom is -0.337 e. The molecule has 1 fully saturated rings. The van der Waals surface area contributed by atoms with Crippen molar-refractivity contribution in [2.75, 3.05) is 13.1 Å². The molecule has 0 spiro atoms. The number of nitrogens with zero attached hydrogens (tertiary/aromatic N) is 1. The summed E-state index contributed by atoms with van der Waals surface area (Å²) in [5.41, 5.74) is 0.592.